The molecule has 1 N–H and O–H groups in total. The minimum absolute atomic E-state index is 0.101. The van der Waals surface area contributed by atoms with Crippen LogP contribution < -0.4 is 5.32 Å². The second kappa shape index (κ2) is 4.92. The predicted molar refractivity (Wildman–Crippen MR) is 56.2 cm³/mol. The third kappa shape index (κ3) is 2.48. The summed E-state index contributed by atoms with van der Waals surface area (Å²) in [6.07, 6.45) is 2.22. The molecule has 2 saturated heterocycles. The van der Waals surface area contributed by atoms with Gasteiger partial charge in [0.1, 0.15) is 6.61 Å². The Morgan fingerprint density at radius 3 is 2.67 bits per heavy atom. The van der Waals surface area contributed by atoms with Gasteiger partial charge in [0.25, 0.3) is 5.91 Å². The van der Waals surface area contributed by atoms with E-state index in [1.807, 2.05) is 12.1 Å². The van der Waals surface area contributed by atoms with Gasteiger partial charge in [-0.25, -0.2) is 5.01 Å². The average Bonchev–Trinajstić information content (AvgIpc) is 2.30. The summed E-state index contributed by atoms with van der Waals surface area (Å²) in [5.74, 6) is 0.101. The molecule has 2 heterocycles. The Balaban J connectivity index is 1.86. The summed E-state index contributed by atoms with van der Waals surface area (Å²) in [7, 11) is 2.00. The van der Waals surface area contributed by atoms with Gasteiger partial charge in [-0.1, -0.05) is 0 Å². The van der Waals surface area contributed by atoms with Crippen LogP contribution in [-0.2, 0) is 9.53 Å². The van der Waals surface area contributed by atoms with E-state index < -0.39 is 0 Å². The van der Waals surface area contributed by atoms with Crippen LogP contribution in [-0.4, -0.2) is 61.9 Å². The summed E-state index contributed by atoms with van der Waals surface area (Å²) in [6.45, 7) is 3.56. The number of amides is 1. The Kier molecular flexibility index (Phi) is 3.56. The number of rotatable bonds is 2. The number of hydrogen-bond acceptors (Lipinski definition) is 4. The van der Waals surface area contributed by atoms with E-state index in [1.54, 1.807) is 0 Å². The molecular weight excluding hydrogens is 194 g/mol. The summed E-state index contributed by atoms with van der Waals surface area (Å²) in [5.41, 5.74) is 0. The molecule has 0 saturated carbocycles. The molecule has 2 rings (SSSR count). The maximum atomic E-state index is 11.6. The van der Waals surface area contributed by atoms with Crippen molar-refractivity contribution in [2.24, 2.45) is 0 Å². The highest BCUT2D eigenvalue weighted by Crippen LogP contribution is 2.14. The van der Waals surface area contributed by atoms with Crippen LogP contribution in [0.5, 0.6) is 0 Å². The number of ether oxygens (including phenoxy) is 1. The number of piperidine rings is 1. The van der Waals surface area contributed by atoms with E-state index in [0.29, 0.717) is 19.2 Å². The molecule has 0 radical (unpaired) electrons. The van der Waals surface area contributed by atoms with Crippen LogP contribution in [0.1, 0.15) is 12.8 Å². The Morgan fingerprint density at radius 1 is 1.33 bits per heavy atom. The van der Waals surface area contributed by atoms with Gasteiger partial charge in [0.05, 0.1) is 13.2 Å². The van der Waals surface area contributed by atoms with Gasteiger partial charge >= 0.3 is 0 Å². The number of morpholine rings is 1. The van der Waals surface area contributed by atoms with Crippen molar-refractivity contribution < 1.29 is 9.53 Å². The predicted octanol–water partition coefficient (Wildman–Crippen LogP) is -0.556. The second-order valence-electron chi connectivity index (χ2n) is 4.09. The zero-order chi connectivity index (χ0) is 10.7. The highest BCUT2D eigenvalue weighted by atomic mass is 16.5. The van der Waals surface area contributed by atoms with Crippen LogP contribution in [0, 0.1) is 0 Å². The smallest absolute Gasteiger partial charge is 0.262 e. The lowest BCUT2D eigenvalue weighted by atomic mass is 10.1. The van der Waals surface area contributed by atoms with Gasteiger partial charge in [0, 0.05) is 19.1 Å². The van der Waals surface area contributed by atoms with Gasteiger partial charge in [-0.3, -0.25) is 9.80 Å². The van der Waals surface area contributed by atoms with Crippen molar-refractivity contribution in [2.75, 3.05) is 39.9 Å². The summed E-state index contributed by atoms with van der Waals surface area (Å²) < 4.78 is 5.11. The zero-order valence-corrected chi connectivity index (χ0v) is 9.24. The van der Waals surface area contributed by atoms with Gasteiger partial charge in [-0.15, -0.1) is 0 Å². The Labute approximate surface area is 90.3 Å². The fraction of sp³-hybridized carbons (Fsp3) is 0.900. The number of carbonyl (C=O) groups excluding carboxylic acids is 1. The first kappa shape index (κ1) is 10.9. The fourth-order valence-electron chi connectivity index (χ4n) is 2.20. The third-order valence-corrected chi connectivity index (χ3v) is 3.18. The standard InChI is InChI=1S/C10H19N3O2/c1-11-9-2-4-12(5-3-9)13-6-7-15-8-10(13)14/h9,11H,2-8H2,1H3. The van der Waals surface area contributed by atoms with Crippen LogP contribution in [0.4, 0.5) is 0 Å². The van der Waals surface area contributed by atoms with E-state index in [4.69, 9.17) is 4.74 Å². The molecule has 5 nitrogen and oxygen atoms in total. The first-order valence-corrected chi connectivity index (χ1v) is 5.61. The number of carbonyl (C=O) groups is 1. The molecule has 2 fully saturated rings. The van der Waals surface area contributed by atoms with Crippen LogP contribution in [0.15, 0.2) is 0 Å². The normalized spacial score (nSPS) is 25.9. The van der Waals surface area contributed by atoms with Gasteiger partial charge in [0.2, 0.25) is 0 Å². The van der Waals surface area contributed by atoms with E-state index in [2.05, 4.69) is 10.3 Å². The summed E-state index contributed by atoms with van der Waals surface area (Å²) in [6, 6.07) is 0.609. The Bertz CT molecular complexity index is 227. The Hall–Kier alpha value is -0.650. The molecule has 86 valence electrons. The monoisotopic (exact) mass is 213 g/mol. The van der Waals surface area contributed by atoms with Gasteiger partial charge in [-0.05, 0) is 19.9 Å². The number of nitrogens with one attached hydrogen (secondary N) is 1. The van der Waals surface area contributed by atoms with E-state index in [9.17, 15) is 4.79 Å². The lowest BCUT2D eigenvalue weighted by Crippen LogP contribution is -2.56. The minimum atomic E-state index is 0.101. The van der Waals surface area contributed by atoms with E-state index >= 15 is 0 Å². The van der Waals surface area contributed by atoms with Gasteiger partial charge in [0.15, 0.2) is 0 Å². The Morgan fingerprint density at radius 2 is 2.07 bits per heavy atom. The lowest BCUT2D eigenvalue weighted by molar-refractivity contribution is -0.167. The van der Waals surface area contributed by atoms with E-state index in [1.165, 1.54) is 0 Å². The van der Waals surface area contributed by atoms with Crippen molar-refractivity contribution in [2.45, 2.75) is 18.9 Å². The molecule has 0 aliphatic carbocycles. The molecule has 2 aliphatic heterocycles. The quantitative estimate of drug-likeness (QED) is 0.668. The molecule has 2 aliphatic rings. The topological polar surface area (TPSA) is 44.8 Å². The lowest BCUT2D eigenvalue weighted by Gasteiger charge is -2.41. The highest BCUT2D eigenvalue weighted by molar-refractivity contribution is 5.77. The molecule has 15 heavy (non-hydrogen) atoms. The van der Waals surface area contributed by atoms with Crippen LogP contribution >= 0.6 is 0 Å². The van der Waals surface area contributed by atoms with Crippen molar-refractivity contribution in [1.82, 2.24) is 15.3 Å². The average molecular weight is 213 g/mol. The van der Waals surface area contributed by atoms with Crippen molar-refractivity contribution in [3.63, 3.8) is 0 Å². The van der Waals surface area contributed by atoms with Crippen molar-refractivity contribution in [3.8, 4) is 0 Å². The molecule has 0 aromatic heterocycles. The second-order valence-corrected chi connectivity index (χ2v) is 4.09. The maximum absolute atomic E-state index is 11.6. The van der Waals surface area contributed by atoms with Gasteiger partial charge in [-0.2, -0.15) is 0 Å². The summed E-state index contributed by atoms with van der Waals surface area (Å²) in [4.78, 5) is 11.6. The zero-order valence-electron chi connectivity index (χ0n) is 9.24. The maximum Gasteiger partial charge on any atom is 0.262 e. The van der Waals surface area contributed by atoms with Crippen molar-refractivity contribution in [1.29, 1.82) is 0 Å². The molecule has 1 amide bonds. The molecule has 0 unspecified atom stereocenters. The summed E-state index contributed by atoms with van der Waals surface area (Å²) in [5, 5.41) is 7.31. The van der Waals surface area contributed by atoms with Crippen LogP contribution in [0.2, 0.25) is 0 Å². The third-order valence-electron chi connectivity index (χ3n) is 3.18. The van der Waals surface area contributed by atoms with Crippen LogP contribution in [0.3, 0.4) is 0 Å². The van der Waals surface area contributed by atoms with Crippen LogP contribution in [0.25, 0.3) is 0 Å². The summed E-state index contributed by atoms with van der Waals surface area (Å²) >= 11 is 0. The fourth-order valence-corrected chi connectivity index (χ4v) is 2.20. The molecule has 0 bridgehead atoms. The molecule has 0 spiro atoms. The number of nitrogens with zero attached hydrogens (tertiary/aromatic N) is 2. The molecule has 5 heteroatoms. The largest absolute Gasteiger partial charge is 0.370 e. The molecule has 0 aromatic rings. The molecular formula is C10H19N3O2. The highest BCUT2D eigenvalue weighted by Gasteiger charge is 2.27. The SMILES string of the molecule is CNC1CCN(N2CCOCC2=O)CC1. The molecule has 0 aromatic carbocycles. The van der Waals surface area contributed by atoms with E-state index in [-0.39, 0.29) is 12.5 Å². The first-order valence-electron chi connectivity index (χ1n) is 5.61. The van der Waals surface area contributed by atoms with E-state index in [0.717, 1.165) is 25.9 Å². The van der Waals surface area contributed by atoms with Crippen molar-refractivity contribution >= 4 is 5.91 Å². The van der Waals surface area contributed by atoms with Gasteiger partial charge < -0.3 is 10.1 Å². The molecule has 0 atom stereocenters. The van der Waals surface area contributed by atoms with Crippen molar-refractivity contribution in [3.05, 3.63) is 0 Å². The minimum Gasteiger partial charge on any atom is -0.370 e. The number of hydrogen-bond donors (Lipinski definition) is 1. The first-order chi connectivity index (χ1) is 7.31. The number of hydrazine groups is 1.